The van der Waals surface area contributed by atoms with Crippen molar-refractivity contribution in [1.82, 2.24) is 9.80 Å². The van der Waals surface area contributed by atoms with Gasteiger partial charge in [0.05, 0.1) is 18.6 Å². The van der Waals surface area contributed by atoms with Crippen LogP contribution in [0.3, 0.4) is 0 Å². The van der Waals surface area contributed by atoms with Crippen LogP contribution in [0.4, 0.5) is 11.4 Å². The Hall–Kier alpha value is -3.12. The fraction of sp³-hybridized carbons (Fsp3) is 0.407. The molecule has 2 saturated heterocycles. The maximum atomic E-state index is 12.7. The second-order valence-electron chi connectivity index (χ2n) is 9.01. The zero-order valence-corrected chi connectivity index (χ0v) is 19.6. The van der Waals surface area contributed by atoms with Gasteiger partial charge in [0.25, 0.3) is 0 Å². The van der Waals surface area contributed by atoms with E-state index in [0.29, 0.717) is 6.54 Å². The van der Waals surface area contributed by atoms with Gasteiger partial charge in [0.2, 0.25) is 5.91 Å². The second kappa shape index (κ2) is 9.79. The third-order valence-electron chi connectivity index (χ3n) is 7.26. The number of rotatable bonds is 7. The number of nitrogens with zero attached hydrogens (tertiary/aromatic N) is 3. The number of para-hydroxylation sites is 1. The molecule has 0 aliphatic carbocycles. The molecule has 2 aliphatic rings. The Labute approximate surface area is 196 Å². The minimum atomic E-state index is -0.461. The van der Waals surface area contributed by atoms with Gasteiger partial charge in [-0.1, -0.05) is 36.4 Å². The maximum absolute atomic E-state index is 12.7. The number of benzene rings is 2. The van der Waals surface area contributed by atoms with E-state index < -0.39 is 11.5 Å². The quantitative estimate of drug-likeness (QED) is 0.474. The van der Waals surface area contributed by atoms with Crippen LogP contribution >= 0.6 is 0 Å². The first-order valence-corrected chi connectivity index (χ1v) is 11.6. The number of anilines is 2. The minimum Gasteiger partial charge on any atom is -0.469 e. The predicted molar refractivity (Wildman–Crippen MR) is 130 cm³/mol. The van der Waals surface area contributed by atoms with Crippen molar-refractivity contribution in [2.24, 2.45) is 5.92 Å². The number of hydrogen-bond acceptors (Lipinski definition) is 5. The minimum absolute atomic E-state index is 0.0249. The van der Waals surface area contributed by atoms with Crippen LogP contribution in [0.2, 0.25) is 0 Å². The predicted octanol–water partition coefficient (Wildman–Crippen LogP) is 4.00. The number of carbonyl (C=O) groups is 2. The molecule has 0 saturated carbocycles. The van der Waals surface area contributed by atoms with E-state index in [1.807, 2.05) is 23.1 Å². The maximum Gasteiger partial charge on any atom is 0.311 e. The lowest BCUT2D eigenvalue weighted by Crippen LogP contribution is -2.57. The molecule has 2 fully saturated rings. The standard InChI is InChI=1S/C27H33N3O3/c1-4-16-30-25(31)19-24(26(32)33-3)27(30)14-17-29(18-15-27)20-21-10-12-23(13-11-21)28(2)22-8-6-5-7-9-22/h4-13,24H,1,14-20H2,2-3H3. The summed E-state index contributed by atoms with van der Waals surface area (Å²) in [6, 6.07) is 19.0. The van der Waals surface area contributed by atoms with Crippen LogP contribution in [0.15, 0.2) is 67.3 Å². The summed E-state index contributed by atoms with van der Waals surface area (Å²) >= 11 is 0. The Morgan fingerprint density at radius 3 is 2.36 bits per heavy atom. The van der Waals surface area contributed by atoms with Gasteiger partial charge in [0.1, 0.15) is 0 Å². The van der Waals surface area contributed by atoms with E-state index in [0.717, 1.165) is 43.9 Å². The number of ether oxygens (including phenoxy) is 1. The van der Waals surface area contributed by atoms with Crippen molar-refractivity contribution >= 4 is 23.3 Å². The molecule has 2 aromatic carbocycles. The Kier molecular flexibility index (Phi) is 6.84. The Morgan fingerprint density at radius 2 is 1.76 bits per heavy atom. The van der Waals surface area contributed by atoms with Crippen LogP contribution in [0, 0.1) is 5.92 Å². The summed E-state index contributed by atoms with van der Waals surface area (Å²) in [4.78, 5) is 31.6. The van der Waals surface area contributed by atoms with Crippen LogP contribution in [0.1, 0.15) is 24.8 Å². The summed E-state index contributed by atoms with van der Waals surface area (Å²) in [5, 5.41) is 0. The third kappa shape index (κ3) is 4.53. The largest absolute Gasteiger partial charge is 0.469 e. The van der Waals surface area contributed by atoms with E-state index in [-0.39, 0.29) is 18.3 Å². The van der Waals surface area contributed by atoms with Crippen LogP contribution in [-0.4, -0.2) is 61.0 Å². The van der Waals surface area contributed by atoms with Gasteiger partial charge in [-0.05, 0) is 42.7 Å². The number of esters is 1. The monoisotopic (exact) mass is 447 g/mol. The highest BCUT2D eigenvalue weighted by molar-refractivity contribution is 5.89. The van der Waals surface area contributed by atoms with Gasteiger partial charge in [-0.25, -0.2) is 0 Å². The molecule has 1 unspecified atom stereocenters. The first-order valence-electron chi connectivity index (χ1n) is 11.6. The van der Waals surface area contributed by atoms with Gasteiger partial charge >= 0.3 is 5.97 Å². The molecule has 2 heterocycles. The molecule has 6 nitrogen and oxygen atoms in total. The van der Waals surface area contributed by atoms with Crippen molar-refractivity contribution in [3.8, 4) is 0 Å². The molecule has 174 valence electrons. The number of hydrogen-bond donors (Lipinski definition) is 0. The first-order chi connectivity index (χ1) is 16.0. The molecule has 0 aromatic heterocycles. The van der Waals surface area contributed by atoms with Crippen molar-refractivity contribution in [2.45, 2.75) is 31.3 Å². The van der Waals surface area contributed by atoms with E-state index in [2.05, 4.69) is 59.8 Å². The van der Waals surface area contributed by atoms with Gasteiger partial charge in [-0.3, -0.25) is 14.5 Å². The molecule has 6 heteroatoms. The first kappa shape index (κ1) is 23.1. The van der Waals surface area contributed by atoms with Crippen molar-refractivity contribution in [1.29, 1.82) is 0 Å². The number of piperidine rings is 1. The van der Waals surface area contributed by atoms with Gasteiger partial charge < -0.3 is 14.5 Å². The van der Waals surface area contributed by atoms with Crippen molar-refractivity contribution in [3.05, 3.63) is 72.8 Å². The Balaban J connectivity index is 1.41. The fourth-order valence-corrected chi connectivity index (χ4v) is 5.37. The van der Waals surface area contributed by atoms with Crippen molar-refractivity contribution in [2.75, 3.05) is 38.7 Å². The SMILES string of the molecule is C=CCN1C(=O)CC(C(=O)OC)C12CCN(Cc1ccc(N(C)c3ccccc3)cc1)CC2. The van der Waals surface area contributed by atoms with Crippen LogP contribution < -0.4 is 4.90 Å². The molecule has 1 spiro atoms. The van der Waals surface area contributed by atoms with E-state index >= 15 is 0 Å². The molecule has 33 heavy (non-hydrogen) atoms. The van der Waals surface area contributed by atoms with Crippen LogP contribution in [-0.2, 0) is 20.9 Å². The molecule has 2 aliphatic heterocycles. The van der Waals surface area contributed by atoms with Gasteiger partial charge in [0.15, 0.2) is 0 Å². The number of amides is 1. The lowest BCUT2D eigenvalue weighted by atomic mass is 9.76. The molecule has 0 radical (unpaired) electrons. The topological polar surface area (TPSA) is 53.1 Å². The highest BCUT2D eigenvalue weighted by atomic mass is 16.5. The molecular weight excluding hydrogens is 414 g/mol. The number of methoxy groups -OCH3 is 1. The second-order valence-corrected chi connectivity index (χ2v) is 9.01. The smallest absolute Gasteiger partial charge is 0.311 e. The van der Waals surface area contributed by atoms with E-state index in [1.54, 1.807) is 6.08 Å². The highest BCUT2D eigenvalue weighted by Crippen LogP contribution is 2.44. The van der Waals surface area contributed by atoms with Crippen molar-refractivity contribution in [3.63, 3.8) is 0 Å². The summed E-state index contributed by atoms with van der Waals surface area (Å²) < 4.78 is 5.06. The lowest BCUT2D eigenvalue weighted by Gasteiger charge is -2.46. The average Bonchev–Trinajstić information content (AvgIpc) is 3.12. The fourth-order valence-electron chi connectivity index (χ4n) is 5.37. The van der Waals surface area contributed by atoms with Gasteiger partial charge in [-0.2, -0.15) is 0 Å². The number of carbonyl (C=O) groups excluding carboxylic acids is 2. The molecular formula is C27H33N3O3. The summed E-state index contributed by atoms with van der Waals surface area (Å²) in [6.07, 6.45) is 3.51. The lowest BCUT2D eigenvalue weighted by molar-refractivity contribution is -0.150. The van der Waals surface area contributed by atoms with E-state index in [4.69, 9.17) is 4.74 Å². The summed E-state index contributed by atoms with van der Waals surface area (Å²) in [7, 11) is 3.48. The molecule has 1 amide bonds. The van der Waals surface area contributed by atoms with Gasteiger partial charge in [0, 0.05) is 51.0 Å². The molecule has 0 N–H and O–H groups in total. The van der Waals surface area contributed by atoms with E-state index in [1.165, 1.54) is 12.7 Å². The Morgan fingerprint density at radius 1 is 1.12 bits per heavy atom. The normalized spacial score (nSPS) is 20.1. The molecule has 0 bridgehead atoms. The highest BCUT2D eigenvalue weighted by Gasteiger charge is 2.56. The zero-order valence-electron chi connectivity index (χ0n) is 19.6. The average molecular weight is 448 g/mol. The molecule has 2 aromatic rings. The van der Waals surface area contributed by atoms with Gasteiger partial charge in [-0.15, -0.1) is 6.58 Å². The van der Waals surface area contributed by atoms with Crippen LogP contribution in [0.5, 0.6) is 0 Å². The van der Waals surface area contributed by atoms with E-state index in [9.17, 15) is 9.59 Å². The summed E-state index contributed by atoms with van der Waals surface area (Å²) in [5.74, 6) is -0.650. The van der Waals surface area contributed by atoms with Crippen LogP contribution in [0.25, 0.3) is 0 Å². The summed E-state index contributed by atoms with van der Waals surface area (Å²) in [6.45, 7) is 6.80. The summed E-state index contributed by atoms with van der Waals surface area (Å²) in [5.41, 5.74) is 3.10. The zero-order chi connectivity index (χ0) is 23.4. The number of likely N-dealkylation sites (tertiary alicyclic amines) is 2. The molecule has 1 atom stereocenters. The molecule has 4 rings (SSSR count). The third-order valence-corrected chi connectivity index (χ3v) is 7.26. The Bertz CT molecular complexity index is 981. The van der Waals surface area contributed by atoms with Crippen molar-refractivity contribution < 1.29 is 14.3 Å².